The van der Waals surface area contributed by atoms with E-state index in [1.165, 1.54) is 0 Å². The molecule has 0 saturated carbocycles. The van der Waals surface area contributed by atoms with E-state index in [1.807, 2.05) is 42.5 Å². The molecule has 0 aliphatic heterocycles. The predicted octanol–water partition coefficient (Wildman–Crippen LogP) is 6.17. The maximum Gasteiger partial charge on any atom is 0.488 e. The fraction of sp³-hybridized carbons (Fsp3) is 0. The lowest BCUT2D eigenvalue weighted by molar-refractivity contribution is 0.426. The van der Waals surface area contributed by atoms with Gasteiger partial charge in [0.2, 0.25) is 0 Å². The highest BCUT2D eigenvalue weighted by molar-refractivity contribution is 6.58. The van der Waals surface area contributed by atoms with Crippen LogP contribution in [0.5, 0.6) is 0 Å². The van der Waals surface area contributed by atoms with E-state index in [2.05, 4.69) is 83.8 Å². The minimum Gasteiger partial charge on any atom is -0.423 e. The Hall–Kier alpha value is -4.12. The topological polar surface area (TPSA) is 43.7 Å². The third kappa shape index (κ3) is 4.64. The van der Waals surface area contributed by atoms with Gasteiger partial charge >= 0.3 is 7.12 Å². The van der Waals surface area contributed by atoms with Crippen LogP contribution in [0, 0.1) is 0 Å². The molecule has 0 spiro atoms. The monoisotopic (exact) mass is 441 g/mol. The van der Waals surface area contributed by atoms with Crippen molar-refractivity contribution in [3.05, 3.63) is 133 Å². The summed E-state index contributed by atoms with van der Waals surface area (Å²) in [5.74, 6) is 0. The molecule has 0 bridgehead atoms. The first-order chi connectivity index (χ1) is 16.7. The highest BCUT2D eigenvalue weighted by Crippen LogP contribution is 2.39. The summed E-state index contributed by atoms with van der Waals surface area (Å²) in [6.45, 7) is 0. The van der Waals surface area contributed by atoms with E-state index < -0.39 is 7.12 Å². The number of anilines is 3. The number of hydrogen-bond acceptors (Lipinski definition) is 3. The Balaban J connectivity index is 1.71. The van der Waals surface area contributed by atoms with E-state index in [4.69, 9.17) is 0 Å². The van der Waals surface area contributed by atoms with Gasteiger partial charge in [-0.3, -0.25) is 0 Å². The van der Waals surface area contributed by atoms with Crippen LogP contribution in [0.25, 0.3) is 22.3 Å². The van der Waals surface area contributed by atoms with E-state index in [0.717, 1.165) is 39.3 Å². The van der Waals surface area contributed by atoms with Gasteiger partial charge in [0, 0.05) is 17.1 Å². The van der Waals surface area contributed by atoms with Gasteiger partial charge in [0.05, 0.1) is 0 Å². The number of nitrogens with zero attached hydrogens (tertiary/aromatic N) is 1. The minimum atomic E-state index is -1.50. The summed E-state index contributed by atoms with van der Waals surface area (Å²) >= 11 is 0. The average Bonchev–Trinajstić information content (AvgIpc) is 2.91. The molecular formula is C30H24BNO2. The van der Waals surface area contributed by atoms with E-state index in [0.29, 0.717) is 5.46 Å². The molecule has 0 atom stereocenters. The van der Waals surface area contributed by atoms with Crippen LogP contribution in [-0.4, -0.2) is 17.2 Å². The molecule has 0 amide bonds. The Labute approximate surface area is 200 Å². The summed E-state index contributed by atoms with van der Waals surface area (Å²) < 4.78 is 0. The van der Waals surface area contributed by atoms with Crippen LogP contribution in [-0.2, 0) is 0 Å². The van der Waals surface area contributed by atoms with Crippen LogP contribution in [0.15, 0.2) is 133 Å². The predicted molar refractivity (Wildman–Crippen MR) is 142 cm³/mol. The summed E-state index contributed by atoms with van der Waals surface area (Å²) in [4.78, 5) is 2.19. The summed E-state index contributed by atoms with van der Waals surface area (Å²) in [5, 5.41) is 19.1. The molecule has 4 heteroatoms. The maximum absolute atomic E-state index is 9.55. The van der Waals surface area contributed by atoms with Gasteiger partial charge in [0.15, 0.2) is 0 Å². The van der Waals surface area contributed by atoms with Gasteiger partial charge in [-0.1, -0.05) is 91.0 Å². The molecule has 0 saturated heterocycles. The van der Waals surface area contributed by atoms with Crippen molar-refractivity contribution in [3.8, 4) is 22.3 Å². The fourth-order valence-corrected chi connectivity index (χ4v) is 4.15. The number of benzene rings is 5. The van der Waals surface area contributed by atoms with Gasteiger partial charge in [0.1, 0.15) is 0 Å². The van der Waals surface area contributed by atoms with Gasteiger partial charge in [0.25, 0.3) is 0 Å². The lowest BCUT2D eigenvalue weighted by Gasteiger charge is -2.27. The lowest BCUT2D eigenvalue weighted by Crippen LogP contribution is -2.29. The molecule has 34 heavy (non-hydrogen) atoms. The first-order valence-corrected chi connectivity index (χ1v) is 11.3. The Morgan fingerprint density at radius 1 is 0.412 bits per heavy atom. The second kappa shape index (κ2) is 9.80. The highest BCUT2D eigenvalue weighted by atomic mass is 16.4. The SMILES string of the molecule is OB(O)c1ccc(N(c2ccccc2)c2cc(-c3ccccc3)cc(-c3ccccc3)c2)cc1. The zero-order valence-electron chi connectivity index (χ0n) is 18.6. The van der Waals surface area contributed by atoms with Gasteiger partial charge in [-0.05, 0) is 70.2 Å². The molecule has 5 rings (SSSR count). The van der Waals surface area contributed by atoms with Crippen LogP contribution in [0.4, 0.5) is 17.1 Å². The Kier molecular flexibility index (Phi) is 6.26. The van der Waals surface area contributed by atoms with Gasteiger partial charge < -0.3 is 14.9 Å². The molecule has 0 unspecified atom stereocenters. The van der Waals surface area contributed by atoms with Crippen molar-refractivity contribution in [2.45, 2.75) is 0 Å². The second-order valence-electron chi connectivity index (χ2n) is 8.14. The Morgan fingerprint density at radius 3 is 1.32 bits per heavy atom. The van der Waals surface area contributed by atoms with Crippen molar-refractivity contribution in [1.29, 1.82) is 0 Å². The zero-order valence-corrected chi connectivity index (χ0v) is 18.6. The molecule has 2 N–H and O–H groups in total. The van der Waals surface area contributed by atoms with Crippen molar-refractivity contribution in [3.63, 3.8) is 0 Å². The van der Waals surface area contributed by atoms with Crippen molar-refractivity contribution in [2.75, 3.05) is 4.90 Å². The van der Waals surface area contributed by atoms with Gasteiger partial charge in [-0.2, -0.15) is 0 Å². The average molecular weight is 441 g/mol. The van der Waals surface area contributed by atoms with Crippen LogP contribution in [0.2, 0.25) is 0 Å². The number of hydrogen-bond donors (Lipinski definition) is 2. The molecule has 0 aliphatic rings. The zero-order chi connectivity index (χ0) is 23.3. The van der Waals surface area contributed by atoms with Gasteiger partial charge in [-0.15, -0.1) is 0 Å². The van der Waals surface area contributed by atoms with Crippen LogP contribution in [0.1, 0.15) is 0 Å². The third-order valence-electron chi connectivity index (χ3n) is 5.85. The molecule has 3 nitrogen and oxygen atoms in total. The quantitative estimate of drug-likeness (QED) is 0.310. The largest absolute Gasteiger partial charge is 0.488 e. The minimum absolute atomic E-state index is 0.458. The lowest BCUT2D eigenvalue weighted by atomic mass is 9.80. The second-order valence-corrected chi connectivity index (χ2v) is 8.14. The Morgan fingerprint density at radius 2 is 0.853 bits per heavy atom. The Bertz CT molecular complexity index is 1300. The summed E-state index contributed by atoms with van der Waals surface area (Å²) in [6, 6.07) is 44.9. The summed E-state index contributed by atoms with van der Waals surface area (Å²) in [6.07, 6.45) is 0. The number of rotatable bonds is 6. The standard InChI is InChI=1S/C30H24BNO2/c33-31(34)27-16-18-29(19-17-27)32(28-14-8-3-9-15-28)30-21-25(23-10-4-1-5-11-23)20-26(22-30)24-12-6-2-7-13-24/h1-22,33-34H. The highest BCUT2D eigenvalue weighted by Gasteiger charge is 2.17. The molecule has 0 radical (unpaired) electrons. The number of para-hydroxylation sites is 1. The normalized spacial score (nSPS) is 10.6. The molecule has 0 heterocycles. The van der Waals surface area contributed by atoms with Crippen molar-refractivity contribution in [2.24, 2.45) is 0 Å². The molecule has 164 valence electrons. The molecule has 5 aromatic carbocycles. The van der Waals surface area contributed by atoms with E-state index >= 15 is 0 Å². The first-order valence-electron chi connectivity index (χ1n) is 11.3. The van der Waals surface area contributed by atoms with Crippen LogP contribution >= 0.6 is 0 Å². The van der Waals surface area contributed by atoms with E-state index in [-0.39, 0.29) is 0 Å². The third-order valence-corrected chi connectivity index (χ3v) is 5.85. The van der Waals surface area contributed by atoms with Crippen LogP contribution < -0.4 is 10.4 Å². The summed E-state index contributed by atoms with van der Waals surface area (Å²) in [7, 11) is -1.50. The molecule has 5 aromatic rings. The summed E-state index contributed by atoms with van der Waals surface area (Å²) in [5.41, 5.74) is 7.97. The van der Waals surface area contributed by atoms with E-state index in [1.54, 1.807) is 12.1 Å². The van der Waals surface area contributed by atoms with Crippen LogP contribution in [0.3, 0.4) is 0 Å². The van der Waals surface area contributed by atoms with E-state index in [9.17, 15) is 10.0 Å². The molecular weight excluding hydrogens is 417 g/mol. The maximum atomic E-state index is 9.55. The smallest absolute Gasteiger partial charge is 0.423 e. The molecule has 0 fully saturated rings. The molecule has 0 aromatic heterocycles. The molecule has 0 aliphatic carbocycles. The first kappa shape index (κ1) is 21.7. The van der Waals surface area contributed by atoms with Gasteiger partial charge in [-0.25, -0.2) is 0 Å². The van der Waals surface area contributed by atoms with Crippen molar-refractivity contribution < 1.29 is 10.0 Å². The van der Waals surface area contributed by atoms with Crippen molar-refractivity contribution in [1.82, 2.24) is 0 Å². The van der Waals surface area contributed by atoms with Crippen molar-refractivity contribution >= 4 is 29.6 Å². The fourth-order valence-electron chi connectivity index (χ4n) is 4.15.